The van der Waals surface area contributed by atoms with Gasteiger partial charge in [0.1, 0.15) is 0 Å². The number of anilines is 1. The summed E-state index contributed by atoms with van der Waals surface area (Å²) in [5.74, 6) is 0.248. The average Bonchev–Trinajstić information content (AvgIpc) is 3.17. The molecule has 1 aliphatic rings. The lowest BCUT2D eigenvalue weighted by atomic mass is 9.89. The number of H-pyrrole nitrogens is 1. The molecule has 0 atom stereocenters. The fourth-order valence-electron chi connectivity index (χ4n) is 2.09. The number of aromatic nitrogens is 2. The van der Waals surface area contributed by atoms with E-state index in [1.165, 1.54) is 0 Å². The maximum atomic E-state index is 12.1. The molecule has 0 bridgehead atoms. The summed E-state index contributed by atoms with van der Waals surface area (Å²) in [6, 6.07) is 0. The fraction of sp³-hybridized carbons (Fsp3) is 0.714. The van der Waals surface area contributed by atoms with Crippen molar-refractivity contribution >= 4 is 11.6 Å². The molecule has 0 saturated heterocycles. The molecule has 20 heavy (non-hydrogen) atoms. The van der Waals surface area contributed by atoms with Crippen LogP contribution in [0.4, 0.5) is 5.69 Å². The number of hydrogen-bond donors (Lipinski definition) is 3. The van der Waals surface area contributed by atoms with Gasteiger partial charge in [0.25, 0.3) is 5.91 Å². The van der Waals surface area contributed by atoms with Crippen LogP contribution < -0.4 is 11.1 Å². The number of hydrogen-bond acceptors (Lipinski definition) is 4. The minimum absolute atomic E-state index is 0.0178. The molecule has 1 aliphatic carbocycles. The molecule has 112 valence electrons. The fourth-order valence-corrected chi connectivity index (χ4v) is 2.09. The van der Waals surface area contributed by atoms with Crippen LogP contribution in [0.25, 0.3) is 0 Å². The highest BCUT2D eigenvalue weighted by molar-refractivity contribution is 5.97. The summed E-state index contributed by atoms with van der Waals surface area (Å²) >= 11 is 0. The second kappa shape index (κ2) is 5.83. The number of carbonyl (C=O) groups is 1. The Balaban J connectivity index is 1.91. The summed E-state index contributed by atoms with van der Waals surface area (Å²) in [5, 5.41) is 9.85. The minimum Gasteiger partial charge on any atom is -0.395 e. The van der Waals surface area contributed by atoms with Crippen LogP contribution in [0.3, 0.4) is 0 Å². The largest absolute Gasteiger partial charge is 0.395 e. The number of amides is 1. The molecule has 0 radical (unpaired) electrons. The Morgan fingerprint density at radius 2 is 2.25 bits per heavy atom. The van der Waals surface area contributed by atoms with E-state index in [1.54, 1.807) is 7.11 Å². The van der Waals surface area contributed by atoms with Crippen molar-refractivity contribution in [2.75, 3.05) is 26.0 Å². The van der Waals surface area contributed by atoms with Gasteiger partial charge in [-0.25, -0.2) is 0 Å². The lowest BCUT2D eigenvalue weighted by Gasteiger charge is -2.24. The minimum atomic E-state index is -0.212. The number of nitrogens with two attached hydrogens (primary N) is 1. The van der Waals surface area contributed by atoms with E-state index in [-0.39, 0.29) is 11.3 Å². The van der Waals surface area contributed by atoms with Crippen molar-refractivity contribution in [2.45, 2.75) is 39.0 Å². The number of carbonyl (C=O) groups excluding carboxylic acids is 1. The molecular weight excluding hydrogens is 256 g/mol. The molecule has 6 heteroatoms. The van der Waals surface area contributed by atoms with Crippen molar-refractivity contribution in [3.05, 3.63) is 11.4 Å². The predicted octanol–water partition coefficient (Wildman–Crippen LogP) is 1.66. The van der Waals surface area contributed by atoms with Crippen molar-refractivity contribution < 1.29 is 9.53 Å². The van der Waals surface area contributed by atoms with E-state index in [4.69, 9.17) is 10.5 Å². The van der Waals surface area contributed by atoms with Crippen LogP contribution in [0.2, 0.25) is 0 Å². The Morgan fingerprint density at radius 1 is 1.55 bits per heavy atom. The van der Waals surface area contributed by atoms with Crippen LogP contribution in [0, 0.1) is 5.41 Å². The standard InChI is InChI=1S/C14H24N4O2/c1-14(2,6-7-20-3)8-16-13(19)12-10(15)11(17-18-12)9-4-5-9/h9H,4-8,15H2,1-3H3,(H,16,19)(H,17,18). The summed E-state index contributed by atoms with van der Waals surface area (Å²) in [6.45, 7) is 5.44. The first kappa shape index (κ1) is 14.8. The number of rotatable bonds is 7. The van der Waals surface area contributed by atoms with Gasteiger partial charge in [0.15, 0.2) is 5.69 Å². The summed E-state index contributed by atoms with van der Waals surface area (Å²) in [7, 11) is 1.68. The maximum Gasteiger partial charge on any atom is 0.273 e. The number of ether oxygens (including phenoxy) is 1. The predicted molar refractivity (Wildman–Crippen MR) is 77.6 cm³/mol. The van der Waals surface area contributed by atoms with Crippen LogP contribution in [-0.4, -0.2) is 36.4 Å². The van der Waals surface area contributed by atoms with Gasteiger partial charge in [-0.05, 0) is 24.7 Å². The zero-order valence-electron chi connectivity index (χ0n) is 12.5. The van der Waals surface area contributed by atoms with Gasteiger partial charge in [-0.3, -0.25) is 9.89 Å². The highest BCUT2D eigenvalue weighted by Crippen LogP contribution is 2.42. The van der Waals surface area contributed by atoms with E-state index in [9.17, 15) is 4.79 Å². The first-order valence-electron chi connectivity index (χ1n) is 7.05. The lowest BCUT2D eigenvalue weighted by Crippen LogP contribution is -2.35. The van der Waals surface area contributed by atoms with Gasteiger partial charge in [-0.15, -0.1) is 0 Å². The normalized spacial score (nSPS) is 15.3. The topological polar surface area (TPSA) is 93.0 Å². The van der Waals surface area contributed by atoms with Crippen LogP contribution >= 0.6 is 0 Å². The third-order valence-electron chi connectivity index (χ3n) is 3.74. The first-order valence-corrected chi connectivity index (χ1v) is 7.05. The van der Waals surface area contributed by atoms with Gasteiger partial charge in [-0.1, -0.05) is 13.8 Å². The van der Waals surface area contributed by atoms with Gasteiger partial charge in [0.05, 0.1) is 11.4 Å². The van der Waals surface area contributed by atoms with Crippen LogP contribution in [-0.2, 0) is 4.74 Å². The highest BCUT2D eigenvalue weighted by Gasteiger charge is 2.30. The zero-order chi connectivity index (χ0) is 14.8. The average molecular weight is 280 g/mol. The molecule has 1 fully saturated rings. The molecule has 2 rings (SSSR count). The summed E-state index contributed by atoms with van der Waals surface area (Å²) in [4.78, 5) is 12.1. The van der Waals surface area contributed by atoms with Crippen LogP contribution in [0.1, 0.15) is 55.2 Å². The zero-order valence-corrected chi connectivity index (χ0v) is 12.5. The molecule has 4 N–H and O–H groups in total. The molecule has 1 saturated carbocycles. The molecule has 1 amide bonds. The van der Waals surface area contributed by atoms with E-state index in [1.807, 2.05) is 0 Å². The quantitative estimate of drug-likeness (QED) is 0.708. The molecule has 1 heterocycles. The number of nitrogens with one attached hydrogen (secondary N) is 2. The van der Waals surface area contributed by atoms with Gasteiger partial charge in [0.2, 0.25) is 0 Å². The van der Waals surface area contributed by atoms with E-state index in [0.717, 1.165) is 25.0 Å². The third-order valence-corrected chi connectivity index (χ3v) is 3.74. The summed E-state index contributed by atoms with van der Waals surface area (Å²) < 4.78 is 5.07. The van der Waals surface area contributed by atoms with Gasteiger partial charge >= 0.3 is 0 Å². The van der Waals surface area contributed by atoms with Crippen molar-refractivity contribution in [1.82, 2.24) is 15.5 Å². The van der Waals surface area contributed by atoms with E-state index < -0.39 is 0 Å². The summed E-state index contributed by atoms with van der Waals surface area (Å²) in [5.41, 5.74) is 7.70. The Labute approximate surface area is 119 Å². The van der Waals surface area contributed by atoms with Crippen LogP contribution in [0.15, 0.2) is 0 Å². The SMILES string of the molecule is COCCC(C)(C)CNC(=O)c1n[nH]c(C2CC2)c1N. The summed E-state index contributed by atoms with van der Waals surface area (Å²) in [6.07, 6.45) is 3.13. The Morgan fingerprint density at radius 3 is 2.85 bits per heavy atom. The van der Waals surface area contributed by atoms with E-state index in [0.29, 0.717) is 30.5 Å². The van der Waals surface area contributed by atoms with Crippen molar-refractivity contribution in [2.24, 2.45) is 5.41 Å². The van der Waals surface area contributed by atoms with E-state index >= 15 is 0 Å². The molecule has 0 spiro atoms. The Kier molecular flexibility index (Phi) is 4.32. The van der Waals surface area contributed by atoms with Crippen LogP contribution in [0.5, 0.6) is 0 Å². The number of nitrogens with zero attached hydrogens (tertiary/aromatic N) is 1. The second-order valence-corrected chi connectivity index (χ2v) is 6.26. The van der Waals surface area contributed by atoms with Crippen molar-refractivity contribution in [1.29, 1.82) is 0 Å². The molecule has 0 aliphatic heterocycles. The first-order chi connectivity index (χ1) is 9.44. The molecule has 6 nitrogen and oxygen atoms in total. The molecule has 1 aromatic heterocycles. The molecular formula is C14H24N4O2. The lowest BCUT2D eigenvalue weighted by molar-refractivity contribution is 0.0917. The number of aromatic amines is 1. The number of nitrogen functional groups attached to an aromatic ring is 1. The van der Waals surface area contributed by atoms with Gasteiger partial charge in [0, 0.05) is 26.2 Å². The Bertz CT molecular complexity index is 478. The highest BCUT2D eigenvalue weighted by atomic mass is 16.5. The molecule has 1 aromatic rings. The molecule has 0 aromatic carbocycles. The van der Waals surface area contributed by atoms with Crippen molar-refractivity contribution in [3.63, 3.8) is 0 Å². The smallest absolute Gasteiger partial charge is 0.273 e. The second-order valence-electron chi connectivity index (χ2n) is 6.26. The Hall–Kier alpha value is -1.56. The van der Waals surface area contributed by atoms with Crippen molar-refractivity contribution in [3.8, 4) is 0 Å². The van der Waals surface area contributed by atoms with Gasteiger partial charge in [-0.2, -0.15) is 5.10 Å². The monoisotopic (exact) mass is 280 g/mol. The number of methoxy groups -OCH3 is 1. The maximum absolute atomic E-state index is 12.1. The third kappa shape index (κ3) is 3.50. The van der Waals surface area contributed by atoms with Gasteiger partial charge < -0.3 is 15.8 Å². The molecule has 0 unspecified atom stereocenters. The van der Waals surface area contributed by atoms with E-state index in [2.05, 4.69) is 29.4 Å².